The van der Waals surface area contributed by atoms with Crippen LogP contribution in [0.25, 0.3) is 0 Å². The first-order valence-electron chi connectivity index (χ1n) is 7.70. The summed E-state index contributed by atoms with van der Waals surface area (Å²) in [5.74, 6) is -1.05. The third-order valence-electron chi connectivity index (χ3n) is 3.96. The molecule has 0 saturated carbocycles. The highest BCUT2D eigenvalue weighted by Gasteiger charge is 2.26. The van der Waals surface area contributed by atoms with Crippen LogP contribution in [0.5, 0.6) is 0 Å². The topological polar surface area (TPSA) is 59.3 Å². The molecule has 5 heteroatoms. The van der Waals surface area contributed by atoms with Crippen molar-refractivity contribution in [2.75, 3.05) is 0 Å². The first-order valence-corrected chi connectivity index (χ1v) is 8.52. The van der Waals surface area contributed by atoms with Gasteiger partial charge in [0.15, 0.2) is 0 Å². The van der Waals surface area contributed by atoms with Gasteiger partial charge in [-0.05, 0) is 17.5 Å². The van der Waals surface area contributed by atoms with E-state index in [9.17, 15) is 14.7 Å². The van der Waals surface area contributed by atoms with Gasteiger partial charge in [-0.15, -0.1) is 0 Å². The summed E-state index contributed by atoms with van der Waals surface area (Å²) >= 11 is 0.799. The maximum absolute atomic E-state index is 12.6. The number of hydrogen-bond acceptors (Lipinski definition) is 3. The molecule has 0 spiro atoms. The van der Waals surface area contributed by atoms with E-state index in [-0.39, 0.29) is 15.8 Å². The molecule has 0 amide bonds. The summed E-state index contributed by atoms with van der Waals surface area (Å²) in [6, 6.07) is 19.0. The van der Waals surface area contributed by atoms with Crippen LogP contribution < -0.4 is 4.87 Å². The van der Waals surface area contributed by atoms with E-state index in [0.717, 1.165) is 22.5 Å². The van der Waals surface area contributed by atoms with Crippen LogP contribution in [0.1, 0.15) is 39.5 Å². The Hall–Kier alpha value is -2.66. The number of aromatic carboxylic acids is 1. The smallest absolute Gasteiger partial charge is 0.347 e. The SMILES string of the molecule is CCc1c(C(=O)O)sc(=O)n1C(c1ccccc1)c1ccccc1. The van der Waals surface area contributed by atoms with Crippen molar-refractivity contribution in [3.63, 3.8) is 0 Å². The maximum Gasteiger partial charge on any atom is 0.347 e. The fraction of sp³-hybridized carbons (Fsp3) is 0.158. The van der Waals surface area contributed by atoms with E-state index < -0.39 is 5.97 Å². The van der Waals surface area contributed by atoms with Gasteiger partial charge in [-0.2, -0.15) is 0 Å². The Balaban J connectivity index is 2.29. The zero-order chi connectivity index (χ0) is 17.1. The summed E-state index contributed by atoms with van der Waals surface area (Å²) in [6.07, 6.45) is 0.483. The number of carboxylic acids is 1. The molecule has 0 aliphatic rings. The molecule has 122 valence electrons. The van der Waals surface area contributed by atoms with Gasteiger partial charge in [-0.3, -0.25) is 9.36 Å². The first-order chi connectivity index (χ1) is 11.6. The number of carbonyl (C=O) groups is 1. The highest BCUT2D eigenvalue weighted by molar-refractivity contribution is 7.11. The molecule has 3 rings (SSSR count). The molecule has 0 radical (unpaired) electrons. The predicted octanol–water partition coefficient (Wildman–Crippen LogP) is 3.81. The van der Waals surface area contributed by atoms with Crippen LogP contribution in [-0.2, 0) is 6.42 Å². The average molecular weight is 339 g/mol. The van der Waals surface area contributed by atoms with Gasteiger partial charge in [-0.25, -0.2) is 4.79 Å². The summed E-state index contributed by atoms with van der Waals surface area (Å²) < 4.78 is 1.62. The van der Waals surface area contributed by atoms with Crippen molar-refractivity contribution in [2.45, 2.75) is 19.4 Å². The lowest BCUT2D eigenvalue weighted by Crippen LogP contribution is -2.24. The predicted molar refractivity (Wildman–Crippen MR) is 95.0 cm³/mol. The summed E-state index contributed by atoms with van der Waals surface area (Å²) in [6.45, 7) is 1.87. The molecule has 3 aromatic rings. The molecule has 0 fully saturated rings. The zero-order valence-corrected chi connectivity index (χ0v) is 14.0. The van der Waals surface area contributed by atoms with Crippen molar-refractivity contribution >= 4 is 17.3 Å². The lowest BCUT2D eigenvalue weighted by atomic mass is 9.98. The van der Waals surface area contributed by atoms with Crippen LogP contribution in [0.2, 0.25) is 0 Å². The van der Waals surface area contributed by atoms with E-state index in [1.807, 2.05) is 67.6 Å². The molecule has 1 N–H and O–H groups in total. The fourth-order valence-corrected chi connectivity index (χ4v) is 3.87. The van der Waals surface area contributed by atoms with Crippen molar-refractivity contribution in [2.24, 2.45) is 0 Å². The normalized spacial score (nSPS) is 10.9. The third-order valence-corrected chi connectivity index (χ3v) is 4.94. The lowest BCUT2D eigenvalue weighted by Gasteiger charge is -2.21. The lowest BCUT2D eigenvalue weighted by molar-refractivity contribution is 0.0700. The Labute approximate surface area is 143 Å². The number of carboxylic acid groups (broad SMARTS) is 1. The number of thiazole rings is 1. The second kappa shape index (κ2) is 6.84. The molecule has 0 atom stereocenters. The van der Waals surface area contributed by atoms with Gasteiger partial charge in [0.25, 0.3) is 0 Å². The average Bonchev–Trinajstić information content (AvgIpc) is 2.94. The summed E-state index contributed by atoms with van der Waals surface area (Å²) in [5.41, 5.74) is 2.47. The van der Waals surface area contributed by atoms with Crippen LogP contribution >= 0.6 is 11.3 Å². The molecular weight excluding hydrogens is 322 g/mol. The summed E-state index contributed by atoms with van der Waals surface area (Å²) in [7, 11) is 0. The Kier molecular flexibility index (Phi) is 4.62. The van der Waals surface area contributed by atoms with E-state index in [4.69, 9.17) is 0 Å². The molecular formula is C19H17NO3S. The van der Waals surface area contributed by atoms with Crippen LogP contribution in [0.15, 0.2) is 65.5 Å². The van der Waals surface area contributed by atoms with Gasteiger partial charge in [0, 0.05) is 5.69 Å². The largest absolute Gasteiger partial charge is 0.477 e. The zero-order valence-electron chi connectivity index (χ0n) is 13.2. The van der Waals surface area contributed by atoms with Crippen LogP contribution in [0, 0.1) is 0 Å². The van der Waals surface area contributed by atoms with Crippen molar-refractivity contribution in [1.82, 2.24) is 4.57 Å². The second-order valence-corrected chi connectivity index (χ2v) is 6.36. The quantitative estimate of drug-likeness (QED) is 0.769. The van der Waals surface area contributed by atoms with Gasteiger partial charge >= 0.3 is 10.8 Å². The molecule has 0 unspecified atom stereocenters. The highest BCUT2D eigenvalue weighted by atomic mass is 32.1. The van der Waals surface area contributed by atoms with Crippen LogP contribution in [-0.4, -0.2) is 15.6 Å². The van der Waals surface area contributed by atoms with Crippen LogP contribution in [0.4, 0.5) is 0 Å². The monoisotopic (exact) mass is 339 g/mol. The molecule has 1 heterocycles. The van der Waals surface area contributed by atoms with Gasteiger partial charge in [0.1, 0.15) is 4.88 Å². The van der Waals surface area contributed by atoms with E-state index in [1.165, 1.54) is 0 Å². The second-order valence-electron chi connectivity index (χ2n) is 5.40. The van der Waals surface area contributed by atoms with E-state index in [2.05, 4.69) is 0 Å². The molecule has 4 nitrogen and oxygen atoms in total. The van der Waals surface area contributed by atoms with Gasteiger partial charge < -0.3 is 5.11 Å². The number of benzene rings is 2. The Bertz CT molecular complexity index is 858. The van der Waals surface area contributed by atoms with Crippen LogP contribution in [0.3, 0.4) is 0 Å². The number of nitrogens with zero attached hydrogens (tertiary/aromatic N) is 1. The molecule has 0 aliphatic carbocycles. The minimum atomic E-state index is -1.05. The number of hydrogen-bond donors (Lipinski definition) is 1. The minimum Gasteiger partial charge on any atom is -0.477 e. The number of aromatic nitrogens is 1. The van der Waals surface area contributed by atoms with Crippen molar-refractivity contribution in [3.05, 3.63) is 92.0 Å². The molecule has 2 aromatic carbocycles. The Morgan fingerprint density at radius 3 is 1.96 bits per heavy atom. The van der Waals surface area contributed by atoms with E-state index in [1.54, 1.807) is 4.57 Å². The van der Waals surface area contributed by atoms with Crippen molar-refractivity contribution in [3.8, 4) is 0 Å². The first kappa shape index (κ1) is 16.2. The molecule has 1 aromatic heterocycles. The molecule has 0 aliphatic heterocycles. The Morgan fingerprint density at radius 1 is 1.04 bits per heavy atom. The highest BCUT2D eigenvalue weighted by Crippen LogP contribution is 2.29. The molecule has 0 saturated heterocycles. The fourth-order valence-electron chi connectivity index (χ4n) is 2.94. The molecule has 0 bridgehead atoms. The standard InChI is InChI=1S/C19H17NO3S/c1-2-15-17(18(21)22)24-19(23)20(15)16(13-9-5-3-6-10-13)14-11-7-4-8-12-14/h3-12,16H,2H2,1H3,(H,21,22). The minimum absolute atomic E-state index is 0.124. The summed E-state index contributed by atoms with van der Waals surface area (Å²) in [5, 5.41) is 9.42. The summed E-state index contributed by atoms with van der Waals surface area (Å²) in [4.78, 5) is 24.0. The van der Waals surface area contributed by atoms with Gasteiger partial charge in [-0.1, -0.05) is 78.9 Å². The van der Waals surface area contributed by atoms with Gasteiger partial charge in [0.05, 0.1) is 6.04 Å². The van der Waals surface area contributed by atoms with Crippen molar-refractivity contribution in [1.29, 1.82) is 0 Å². The van der Waals surface area contributed by atoms with Crippen molar-refractivity contribution < 1.29 is 9.90 Å². The third kappa shape index (κ3) is 2.90. The van der Waals surface area contributed by atoms with Gasteiger partial charge in [0.2, 0.25) is 0 Å². The van der Waals surface area contributed by atoms with E-state index >= 15 is 0 Å². The number of rotatable bonds is 5. The molecule has 24 heavy (non-hydrogen) atoms. The Morgan fingerprint density at radius 2 is 1.54 bits per heavy atom. The maximum atomic E-state index is 12.6. The van der Waals surface area contributed by atoms with E-state index in [0.29, 0.717) is 12.1 Å².